The molecule has 7 nitrogen and oxygen atoms in total. The Bertz CT molecular complexity index is 812. The van der Waals surface area contributed by atoms with Gasteiger partial charge in [0.2, 0.25) is 0 Å². The van der Waals surface area contributed by atoms with E-state index >= 15 is 0 Å². The fraction of sp³-hybridized carbons (Fsp3) is 0.500. The van der Waals surface area contributed by atoms with Crippen molar-refractivity contribution in [2.24, 2.45) is 0 Å². The SMILES string of the molecule is CC(C)c1c(C(=O)NOC2CCCCO2)cnn1-c1ccc(C(F)(F)F)cn1. The van der Waals surface area contributed by atoms with Crippen molar-refractivity contribution in [3.8, 4) is 5.82 Å². The van der Waals surface area contributed by atoms with Crippen molar-refractivity contribution in [1.82, 2.24) is 20.2 Å². The predicted octanol–water partition coefficient (Wildman–Crippen LogP) is 3.60. The number of alkyl halides is 3. The molecule has 10 heteroatoms. The van der Waals surface area contributed by atoms with Gasteiger partial charge in [-0.25, -0.2) is 20.0 Å². The van der Waals surface area contributed by atoms with Crippen LogP contribution in [0, 0.1) is 0 Å². The van der Waals surface area contributed by atoms with E-state index in [1.807, 2.05) is 13.8 Å². The van der Waals surface area contributed by atoms with Crippen LogP contribution >= 0.6 is 0 Å². The van der Waals surface area contributed by atoms with E-state index in [1.54, 1.807) is 0 Å². The number of nitrogens with one attached hydrogen (secondary N) is 1. The molecule has 0 saturated carbocycles. The summed E-state index contributed by atoms with van der Waals surface area (Å²) in [6.45, 7) is 4.27. The Morgan fingerprint density at radius 3 is 2.68 bits per heavy atom. The molecule has 1 unspecified atom stereocenters. The molecule has 1 N–H and O–H groups in total. The van der Waals surface area contributed by atoms with Crippen LogP contribution in [-0.2, 0) is 15.8 Å². The van der Waals surface area contributed by atoms with E-state index in [0.29, 0.717) is 18.7 Å². The smallest absolute Gasteiger partial charge is 0.350 e. The third kappa shape index (κ3) is 4.50. The van der Waals surface area contributed by atoms with Gasteiger partial charge in [-0.1, -0.05) is 13.8 Å². The number of hydrogen-bond acceptors (Lipinski definition) is 5. The number of hydrogen-bond donors (Lipinski definition) is 1. The number of rotatable bonds is 5. The fourth-order valence-electron chi connectivity index (χ4n) is 2.93. The number of carbonyl (C=O) groups is 1. The van der Waals surface area contributed by atoms with Crippen molar-refractivity contribution in [3.05, 3.63) is 41.3 Å². The third-order valence-corrected chi connectivity index (χ3v) is 4.31. The zero-order valence-electron chi connectivity index (χ0n) is 15.5. The Hall–Kier alpha value is -2.46. The van der Waals surface area contributed by atoms with Crippen LogP contribution in [-0.4, -0.2) is 33.6 Å². The molecule has 0 aliphatic carbocycles. The molecule has 2 aromatic heterocycles. The third-order valence-electron chi connectivity index (χ3n) is 4.31. The van der Waals surface area contributed by atoms with Gasteiger partial charge in [0.15, 0.2) is 12.1 Å². The van der Waals surface area contributed by atoms with Crippen LogP contribution in [0.25, 0.3) is 5.82 Å². The van der Waals surface area contributed by atoms with Gasteiger partial charge in [-0.15, -0.1) is 0 Å². The molecule has 1 aliphatic heterocycles. The molecule has 0 bridgehead atoms. The first-order valence-electron chi connectivity index (χ1n) is 8.96. The van der Waals surface area contributed by atoms with Gasteiger partial charge in [-0.3, -0.25) is 4.79 Å². The summed E-state index contributed by atoms with van der Waals surface area (Å²) >= 11 is 0. The van der Waals surface area contributed by atoms with Crippen LogP contribution < -0.4 is 5.48 Å². The van der Waals surface area contributed by atoms with E-state index in [1.165, 1.54) is 16.9 Å². The summed E-state index contributed by atoms with van der Waals surface area (Å²) in [5, 5.41) is 4.14. The highest BCUT2D eigenvalue weighted by molar-refractivity contribution is 5.94. The lowest BCUT2D eigenvalue weighted by atomic mass is 10.1. The number of hydroxylamine groups is 1. The van der Waals surface area contributed by atoms with E-state index < -0.39 is 23.9 Å². The average Bonchev–Trinajstić information content (AvgIpc) is 3.12. The minimum Gasteiger partial charge on any atom is -0.350 e. The lowest BCUT2D eigenvalue weighted by Gasteiger charge is -2.22. The van der Waals surface area contributed by atoms with Crippen molar-refractivity contribution >= 4 is 5.91 Å². The van der Waals surface area contributed by atoms with Gasteiger partial charge in [-0.2, -0.15) is 18.3 Å². The minimum absolute atomic E-state index is 0.140. The summed E-state index contributed by atoms with van der Waals surface area (Å²) in [7, 11) is 0. The van der Waals surface area contributed by atoms with Gasteiger partial charge in [0.1, 0.15) is 0 Å². The van der Waals surface area contributed by atoms with Gasteiger partial charge in [0, 0.05) is 19.2 Å². The summed E-state index contributed by atoms with van der Waals surface area (Å²) in [5.74, 6) is -0.457. The highest BCUT2D eigenvalue weighted by Gasteiger charge is 2.31. The average molecular weight is 398 g/mol. The van der Waals surface area contributed by atoms with Crippen LogP contribution in [0.15, 0.2) is 24.5 Å². The molecule has 28 heavy (non-hydrogen) atoms. The van der Waals surface area contributed by atoms with Gasteiger partial charge < -0.3 is 4.74 Å². The Morgan fingerprint density at radius 2 is 2.11 bits per heavy atom. The molecule has 1 aliphatic rings. The number of nitrogens with zero attached hydrogens (tertiary/aromatic N) is 3. The molecule has 152 valence electrons. The van der Waals surface area contributed by atoms with Crippen LogP contribution in [0.2, 0.25) is 0 Å². The normalized spacial score (nSPS) is 17.7. The topological polar surface area (TPSA) is 78.3 Å². The fourth-order valence-corrected chi connectivity index (χ4v) is 2.93. The largest absolute Gasteiger partial charge is 0.417 e. The van der Waals surface area contributed by atoms with Crippen molar-refractivity contribution in [2.75, 3.05) is 6.61 Å². The molecule has 3 heterocycles. The number of amides is 1. The summed E-state index contributed by atoms with van der Waals surface area (Å²) in [6.07, 6.45) is -0.286. The van der Waals surface area contributed by atoms with Gasteiger partial charge in [-0.05, 0) is 30.9 Å². The molecule has 2 aromatic rings. The molecule has 1 amide bonds. The second-order valence-electron chi connectivity index (χ2n) is 6.76. The highest BCUT2D eigenvalue weighted by atomic mass is 19.4. The van der Waals surface area contributed by atoms with Crippen LogP contribution in [0.4, 0.5) is 13.2 Å². The second kappa shape index (κ2) is 8.27. The molecule has 0 spiro atoms. The quantitative estimate of drug-likeness (QED) is 0.779. The molecule has 1 saturated heterocycles. The zero-order chi connectivity index (χ0) is 20.3. The molecule has 1 fully saturated rings. The maximum absolute atomic E-state index is 12.7. The number of ether oxygens (including phenoxy) is 1. The summed E-state index contributed by atoms with van der Waals surface area (Å²) in [6, 6.07) is 2.15. The standard InChI is InChI=1S/C18H21F3N4O3/c1-11(2)16-13(17(26)24-28-15-5-3-4-8-27-15)10-23-25(16)14-7-6-12(9-22-14)18(19,20)21/h6-7,9-11,15H,3-5,8H2,1-2H3,(H,24,26). The molecule has 0 radical (unpaired) electrons. The zero-order valence-corrected chi connectivity index (χ0v) is 15.5. The van der Waals surface area contributed by atoms with E-state index in [9.17, 15) is 18.0 Å². The van der Waals surface area contributed by atoms with E-state index in [2.05, 4.69) is 15.6 Å². The van der Waals surface area contributed by atoms with Crippen molar-refractivity contribution in [2.45, 2.75) is 51.5 Å². The second-order valence-corrected chi connectivity index (χ2v) is 6.76. The first-order valence-corrected chi connectivity index (χ1v) is 8.96. The molecule has 1 atom stereocenters. The number of pyridine rings is 1. The summed E-state index contributed by atoms with van der Waals surface area (Å²) in [5.41, 5.74) is 2.29. The van der Waals surface area contributed by atoms with Crippen LogP contribution in [0.3, 0.4) is 0 Å². The lowest BCUT2D eigenvalue weighted by Crippen LogP contribution is -2.33. The molecular weight excluding hydrogens is 377 g/mol. The van der Waals surface area contributed by atoms with Gasteiger partial charge in [0.25, 0.3) is 5.91 Å². The van der Waals surface area contributed by atoms with E-state index in [4.69, 9.17) is 9.57 Å². The monoisotopic (exact) mass is 398 g/mol. The predicted molar refractivity (Wildman–Crippen MR) is 92.6 cm³/mol. The lowest BCUT2D eigenvalue weighted by molar-refractivity contribution is -0.186. The first kappa shape index (κ1) is 20.3. The van der Waals surface area contributed by atoms with E-state index in [0.717, 1.165) is 25.1 Å². The van der Waals surface area contributed by atoms with Crippen LogP contribution in [0.5, 0.6) is 0 Å². The van der Waals surface area contributed by atoms with Gasteiger partial charge >= 0.3 is 6.18 Å². The van der Waals surface area contributed by atoms with Crippen molar-refractivity contribution in [3.63, 3.8) is 0 Å². The Balaban J connectivity index is 1.80. The van der Waals surface area contributed by atoms with Crippen LogP contribution in [0.1, 0.15) is 60.6 Å². The molecule has 0 aromatic carbocycles. The summed E-state index contributed by atoms with van der Waals surface area (Å²) < 4.78 is 45.0. The molecular formula is C18H21F3N4O3. The Morgan fingerprint density at radius 1 is 1.32 bits per heavy atom. The maximum Gasteiger partial charge on any atom is 0.417 e. The van der Waals surface area contributed by atoms with Gasteiger partial charge in [0.05, 0.1) is 23.0 Å². The Kier molecular flexibility index (Phi) is 5.99. The number of halogens is 3. The number of carbonyl (C=O) groups excluding carboxylic acids is 1. The van der Waals surface area contributed by atoms with E-state index in [-0.39, 0.29) is 17.3 Å². The van der Waals surface area contributed by atoms with Crippen molar-refractivity contribution in [1.29, 1.82) is 0 Å². The highest BCUT2D eigenvalue weighted by Crippen LogP contribution is 2.29. The molecule has 3 rings (SSSR count). The maximum atomic E-state index is 12.7. The minimum atomic E-state index is -4.47. The number of aromatic nitrogens is 3. The first-order chi connectivity index (χ1) is 13.3. The summed E-state index contributed by atoms with van der Waals surface area (Å²) in [4.78, 5) is 21.7. The Labute approximate surface area is 159 Å². The van der Waals surface area contributed by atoms with Crippen molar-refractivity contribution < 1.29 is 27.5 Å².